The maximum Gasteiger partial charge on any atom is 0.214 e. The Morgan fingerprint density at radius 1 is 1.12 bits per heavy atom. The molecule has 0 bridgehead atoms. The lowest BCUT2D eigenvalue weighted by Gasteiger charge is -2.03. The molecule has 4 nitrogen and oxygen atoms in total. The van der Waals surface area contributed by atoms with E-state index < -0.39 is 0 Å². The fraction of sp³-hybridized carbons (Fsp3) is 0.0588. The zero-order valence-electron chi connectivity index (χ0n) is 12.4. The lowest BCUT2D eigenvalue weighted by molar-refractivity contribution is 0.627. The third-order valence-electron chi connectivity index (χ3n) is 3.59. The quantitative estimate of drug-likeness (QED) is 0.566. The second kappa shape index (κ2) is 6.22. The number of hydrogen-bond acceptors (Lipinski definition) is 4. The molecule has 1 N–H and O–H groups in total. The summed E-state index contributed by atoms with van der Waals surface area (Å²) in [5.41, 5.74) is 2.72. The maximum absolute atomic E-state index is 12.9. The summed E-state index contributed by atoms with van der Waals surface area (Å²) in [5.74, 6) is -0.240. The molecule has 4 rings (SSSR count). The minimum absolute atomic E-state index is 0.240. The molecule has 0 saturated carbocycles. The molecule has 0 aliphatic carbocycles. The average Bonchev–Trinajstić information content (AvgIpc) is 3.15. The summed E-state index contributed by atoms with van der Waals surface area (Å²) < 4.78 is 14.7. The molecule has 0 spiro atoms. The van der Waals surface area contributed by atoms with Gasteiger partial charge in [0.05, 0.1) is 16.9 Å². The fourth-order valence-corrected chi connectivity index (χ4v) is 3.40. The minimum atomic E-state index is -0.240. The zero-order valence-corrected chi connectivity index (χ0v) is 14.0. The summed E-state index contributed by atoms with van der Waals surface area (Å²) in [6.45, 7) is 0.568. The normalized spacial score (nSPS) is 11.1. The van der Waals surface area contributed by atoms with Crippen LogP contribution >= 0.6 is 22.9 Å². The van der Waals surface area contributed by atoms with Gasteiger partial charge in [0.15, 0.2) is 0 Å². The minimum Gasteiger partial charge on any atom is -0.356 e. The Morgan fingerprint density at radius 3 is 2.71 bits per heavy atom. The number of anilines is 1. The first-order valence-electron chi connectivity index (χ1n) is 7.28. The lowest BCUT2D eigenvalue weighted by Crippen LogP contribution is -2.00. The molecule has 0 radical (unpaired) electrons. The van der Waals surface area contributed by atoms with Crippen molar-refractivity contribution >= 4 is 33.0 Å². The summed E-state index contributed by atoms with van der Waals surface area (Å²) in [6, 6.07) is 14.0. The van der Waals surface area contributed by atoms with Crippen LogP contribution in [0.15, 0.2) is 54.7 Å². The molecular formula is C17H12ClFN4S. The third kappa shape index (κ3) is 2.86. The maximum atomic E-state index is 12.9. The molecule has 0 aliphatic rings. The van der Waals surface area contributed by atoms with E-state index in [2.05, 4.69) is 15.4 Å². The van der Waals surface area contributed by atoms with Crippen LogP contribution < -0.4 is 5.32 Å². The van der Waals surface area contributed by atoms with Gasteiger partial charge >= 0.3 is 0 Å². The van der Waals surface area contributed by atoms with Gasteiger partial charge in [-0.05, 0) is 23.8 Å². The van der Waals surface area contributed by atoms with Gasteiger partial charge in [-0.3, -0.25) is 0 Å². The topological polar surface area (TPSA) is 42.2 Å². The Hall–Kier alpha value is -2.44. The van der Waals surface area contributed by atoms with Crippen LogP contribution in [0.3, 0.4) is 0 Å². The van der Waals surface area contributed by atoms with Gasteiger partial charge in [-0.15, -0.1) is 5.10 Å². The highest BCUT2D eigenvalue weighted by Crippen LogP contribution is 2.30. The van der Waals surface area contributed by atoms with Crippen molar-refractivity contribution in [1.29, 1.82) is 0 Å². The lowest BCUT2D eigenvalue weighted by atomic mass is 10.2. The second-order valence-electron chi connectivity index (χ2n) is 5.20. The van der Waals surface area contributed by atoms with E-state index in [-0.39, 0.29) is 5.82 Å². The number of fused-ring (bicyclic) bond motifs is 1. The van der Waals surface area contributed by atoms with Crippen LogP contribution in [-0.2, 0) is 6.54 Å². The van der Waals surface area contributed by atoms with Crippen LogP contribution in [0, 0.1) is 5.82 Å². The predicted molar refractivity (Wildman–Crippen MR) is 95.0 cm³/mol. The van der Waals surface area contributed by atoms with E-state index >= 15 is 0 Å². The smallest absolute Gasteiger partial charge is 0.214 e. The molecule has 0 fully saturated rings. The van der Waals surface area contributed by atoms with E-state index in [9.17, 15) is 4.39 Å². The predicted octanol–water partition coefficient (Wildman–Crippen LogP) is 4.86. The largest absolute Gasteiger partial charge is 0.356 e. The van der Waals surface area contributed by atoms with Crippen LogP contribution in [0.5, 0.6) is 0 Å². The molecule has 0 saturated heterocycles. The fourth-order valence-electron chi connectivity index (χ4n) is 2.40. The van der Waals surface area contributed by atoms with Crippen LogP contribution in [-0.4, -0.2) is 14.6 Å². The Bertz CT molecular complexity index is 993. The van der Waals surface area contributed by atoms with Gasteiger partial charge < -0.3 is 5.32 Å². The number of hydrogen-bond donors (Lipinski definition) is 1. The third-order valence-corrected chi connectivity index (χ3v) is 4.80. The summed E-state index contributed by atoms with van der Waals surface area (Å²) in [6.07, 6.45) is 1.77. The second-order valence-corrected chi connectivity index (χ2v) is 6.57. The van der Waals surface area contributed by atoms with Gasteiger partial charge in [0.1, 0.15) is 5.82 Å². The van der Waals surface area contributed by atoms with Crippen molar-refractivity contribution in [2.45, 2.75) is 6.54 Å². The molecule has 2 heterocycles. The summed E-state index contributed by atoms with van der Waals surface area (Å²) in [5, 5.41) is 9.20. The molecule has 0 atom stereocenters. The first-order chi connectivity index (χ1) is 11.7. The zero-order chi connectivity index (χ0) is 16.5. The van der Waals surface area contributed by atoms with Crippen molar-refractivity contribution in [1.82, 2.24) is 14.6 Å². The van der Waals surface area contributed by atoms with E-state index in [1.165, 1.54) is 23.5 Å². The van der Waals surface area contributed by atoms with Crippen molar-refractivity contribution in [3.63, 3.8) is 0 Å². The van der Waals surface area contributed by atoms with Crippen molar-refractivity contribution in [2.75, 3.05) is 5.32 Å². The Labute approximate surface area is 146 Å². The van der Waals surface area contributed by atoms with Crippen molar-refractivity contribution < 1.29 is 4.39 Å². The highest BCUT2D eigenvalue weighted by molar-refractivity contribution is 7.20. The molecule has 0 aliphatic heterocycles. The molecule has 4 aromatic rings. The first-order valence-corrected chi connectivity index (χ1v) is 8.48. The van der Waals surface area contributed by atoms with Gasteiger partial charge in [0, 0.05) is 12.1 Å². The van der Waals surface area contributed by atoms with Crippen molar-refractivity contribution in [3.05, 3.63) is 71.1 Å². The molecule has 2 aromatic carbocycles. The van der Waals surface area contributed by atoms with Gasteiger partial charge in [0.2, 0.25) is 10.1 Å². The molecule has 7 heteroatoms. The standard InChI is InChI=1S/C17H12ClFN4S/c18-14-4-2-1-3-13(14)15-10-21-17-23(15)22-16(24-17)20-9-11-5-7-12(19)8-6-11/h1-8,10H,9H2,(H,20,22). The first kappa shape index (κ1) is 15.1. The molecule has 0 amide bonds. The van der Waals surface area contributed by atoms with E-state index in [0.29, 0.717) is 11.6 Å². The monoisotopic (exact) mass is 358 g/mol. The number of aromatic nitrogens is 3. The average molecular weight is 359 g/mol. The van der Waals surface area contributed by atoms with Crippen LogP contribution in [0.25, 0.3) is 16.2 Å². The SMILES string of the molecule is Fc1ccc(CNc2nn3c(-c4ccccc4Cl)cnc3s2)cc1. The van der Waals surface area contributed by atoms with Gasteiger partial charge in [-0.2, -0.15) is 0 Å². The molecule has 24 heavy (non-hydrogen) atoms. The van der Waals surface area contributed by atoms with Gasteiger partial charge in [-0.25, -0.2) is 13.9 Å². The van der Waals surface area contributed by atoms with Crippen LogP contribution in [0.1, 0.15) is 5.56 Å². The number of imidazole rings is 1. The Balaban J connectivity index is 1.60. The van der Waals surface area contributed by atoms with Crippen molar-refractivity contribution in [2.24, 2.45) is 0 Å². The van der Waals surface area contributed by atoms with Crippen LogP contribution in [0.4, 0.5) is 9.52 Å². The Morgan fingerprint density at radius 2 is 1.92 bits per heavy atom. The van der Waals surface area contributed by atoms with Crippen LogP contribution in [0.2, 0.25) is 5.02 Å². The highest BCUT2D eigenvalue weighted by atomic mass is 35.5. The molecule has 2 aromatic heterocycles. The number of halogens is 2. The van der Waals surface area contributed by atoms with E-state index in [1.54, 1.807) is 22.8 Å². The van der Waals surface area contributed by atoms with E-state index in [4.69, 9.17) is 11.6 Å². The van der Waals surface area contributed by atoms with E-state index in [1.807, 2.05) is 24.3 Å². The van der Waals surface area contributed by atoms with E-state index in [0.717, 1.165) is 26.9 Å². The number of nitrogens with zero attached hydrogens (tertiary/aromatic N) is 3. The van der Waals surface area contributed by atoms with Gasteiger partial charge in [0.25, 0.3) is 0 Å². The number of benzene rings is 2. The van der Waals surface area contributed by atoms with Gasteiger partial charge in [-0.1, -0.05) is 53.3 Å². The number of rotatable bonds is 4. The summed E-state index contributed by atoms with van der Waals surface area (Å²) in [7, 11) is 0. The summed E-state index contributed by atoms with van der Waals surface area (Å²) >= 11 is 7.72. The summed E-state index contributed by atoms with van der Waals surface area (Å²) in [4.78, 5) is 5.18. The molecular weight excluding hydrogens is 347 g/mol. The Kier molecular flexibility index (Phi) is 3.92. The number of nitrogens with one attached hydrogen (secondary N) is 1. The highest BCUT2D eigenvalue weighted by Gasteiger charge is 2.13. The van der Waals surface area contributed by atoms with Crippen molar-refractivity contribution in [3.8, 4) is 11.3 Å². The molecule has 0 unspecified atom stereocenters. The molecule has 120 valence electrons.